The van der Waals surface area contributed by atoms with Crippen molar-refractivity contribution in [3.63, 3.8) is 0 Å². The molecule has 0 fully saturated rings. The lowest BCUT2D eigenvalue weighted by Gasteiger charge is -2.21. The average Bonchev–Trinajstić information content (AvgIpc) is 3.98. The summed E-state index contributed by atoms with van der Waals surface area (Å²) in [5.74, 6) is 0. The normalized spacial score (nSPS) is 13.0. The first kappa shape index (κ1) is 29.9. The quantitative estimate of drug-likeness (QED) is 0.174. The monoisotopic (exact) mass is 758 g/mol. The van der Waals surface area contributed by atoms with Crippen LogP contribution in [0, 0.1) is 0 Å². The molecule has 1 aliphatic heterocycles. The highest BCUT2D eigenvalue weighted by Gasteiger charge is 2.28. The molecule has 0 spiro atoms. The lowest BCUT2D eigenvalue weighted by Crippen LogP contribution is -1.96. The Morgan fingerprint density at radius 3 is 1.20 bits per heavy atom. The Balaban J connectivity index is 1.04. The van der Waals surface area contributed by atoms with Crippen LogP contribution in [0.4, 0.5) is 0 Å². The fourth-order valence-corrected chi connectivity index (χ4v) is 13.9. The number of rotatable bonds is 2. The van der Waals surface area contributed by atoms with E-state index in [4.69, 9.17) is 0 Å². The van der Waals surface area contributed by atoms with Crippen molar-refractivity contribution in [1.82, 2.24) is 9.13 Å². The van der Waals surface area contributed by atoms with Gasteiger partial charge in [0.25, 0.3) is 0 Å². The first-order valence-electron chi connectivity index (χ1n) is 18.1. The number of aromatic nitrogens is 2. The number of para-hydroxylation sites is 2. The van der Waals surface area contributed by atoms with Crippen LogP contribution >= 0.6 is 46.2 Å². The molecule has 4 aromatic heterocycles. The maximum absolute atomic E-state index is 2.51. The van der Waals surface area contributed by atoms with Gasteiger partial charge in [0.05, 0.1) is 42.8 Å². The largest absolute Gasteiger partial charge is 0.308 e. The van der Waals surface area contributed by atoms with Crippen LogP contribution in [0.1, 0.15) is 0 Å². The molecular weight excluding hydrogens is 733 g/mol. The third-order valence-corrected chi connectivity index (χ3v) is 16.2. The van der Waals surface area contributed by atoms with Gasteiger partial charge in [-0.3, -0.25) is 0 Å². The summed E-state index contributed by atoms with van der Waals surface area (Å²) in [5, 5.41) is 10.6. The Kier molecular flexibility index (Phi) is 6.11. The highest BCUT2D eigenvalue weighted by Crippen LogP contribution is 2.56. The summed E-state index contributed by atoms with van der Waals surface area (Å²) in [6.45, 7) is 0. The molecule has 0 bridgehead atoms. The van der Waals surface area contributed by atoms with E-state index >= 15 is 0 Å². The Hall–Kier alpha value is -5.50. The van der Waals surface area contributed by atoms with Gasteiger partial charge >= 0.3 is 0 Å². The summed E-state index contributed by atoms with van der Waals surface area (Å²) in [6, 6.07) is 58.6. The predicted octanol–water partition coefficient (Wildman–Crippen LogP) is 15.2. The Morgan fingerprint density at radius 2 is 0.722 bits per heavy atom. The van der Waals surface area contributed by atoms with Gasteiger partial charge in [0, 0.05) is 72.1 Å². The fourth-order valence-electron chi connectivity index (χ4n) is 8.94. The number of nitrogens with zero attached hydrogens (tertiary/aromatic N) is 2. The van der Waals surface area contributed by atoms with Crippen LogP contribution in [0.15, 0.2) is 177 Å². The maximum atomic E-state index is 2.51. The molecule has 0 amide bonds. The van der Waals surface area contributed by atoms with Crippen LogP contribution in [-0.4, -0.2) is 9.13 Å². The highest BCUT2D eigenvalue weighted by atomic mass is 32.2. The summed E-state index contributed by atoms with van der Waals surface area (Å²) in [6.07, 6.45) is 0. The lowest BCUT2D eigenvalue weighted by molar-refractivity contribution is 1.17. The van der Waals surface area contributed by atoms with Crippen LogP contribution in [0.2, 0.25) is 0 Å². The fraction of sp³-hybridized carbons (Fsp3) is 0. The molecule has 1 aliphatic rings. The minimum Gasteiger partial charge on any atom is -0.308 e. The van der Waals surface area contributed by atoms with Crippen molar-refractivity contribution in [2.24, 2.45) is 0 Å². The van der Waals surface area contributed by atoms with Crippen molar-refractivity contribution >= 4 is 130 Å². The van der Waals surface area contributed by atoms with Gasteiger partial charge in [0.2, 0.25) is 0 Å². The van der Waals surface area contributed by atoms with Gasteiger partial charge in [0.1, 0.15) is 0 Å². The van der Waals surface area contributed by atoms with Crippen LogP contribution in [0.3, 0.4) is 0 Å². The van der Waals surface area contributed by atoms with E-state index in [1.807, 2.05) is 46.2 Å². The average molecular weight is 759 g/mol. The first-order valence-corrected chi connectivity index (χ1v) is 21.4. The summed E-state index contributed by atoms with van der Waals surface area (Å²) < 4.78 is 10.3. The zero-order valence-corrected chi connectivity index (χ0v) is 31.8. The maximum Gasteiger partial charge on any atom is 0.0640 e. The van der Waals surface area contributed by atoms with E-state index < -0.39 is 0 Å². The van der Waals surface area contributed by atoms with Crippen molar-refractivity contribution < 1.29 is 0 Å². The van der Waals surface area contributed by atoms with Gasteiger partial charge in [-0.05, 0) is 60.7 Å². The number of thiophene rings is 2. The highest BCUT2D eigenvalue weighted by molar-refractivity contribution is 8.05. The molecule has 54 heavy (non-hydrogen) atoms. The predicted molar refractivity (Wildman–Crippen MR) is 236 cm³/mol. The second-order valence-electron chi connectivity index (χ2n) is 14.0. The summed E-state index contributed by atoms with van der Waals surface area (Å²) in [4.78, 5) is 5.33. The first-order chi connectivity index (χ1) is 26.8. The molecule has 0 radical (unpaired) electrons. The second kappa shape index (κ2) is 11.0. The Labute approximate surface area is 325 Å². The molecule has 0 aliphatic carbocycles. The zero-order chi connectivity index (χ0) is 35.1. The van der Waals surface area contributed by atoms with E-state index in [2.05, 4.69) is 167 Å². The van der Waals surface area contributed by atoms with Gasteiger partial charge in [-0.15, -0.1) is 22.7 Å². The molecule has 0 saturated carbocycles. The van der Waals surface area contributed by atoms with E-state index in [9.17, 15) is 0 Å². The molecule has 5 heterocycles. The molecule has 0 atom stereocenters. The Morgan fingerprint density at radius 1 is 0.315 bits per heavy atom. The number of fused-ring (bicyclic) bond motifs is 16. The standard InChI is InChI=1S/C48H26N2S4/c1-5-17-33-31(13-1)43-35(49(33)37-19-9-15-29-27-11-3-7-21-39(27)51-45(29)37)23-25-41-47(43)53-42-26-24-36-44(48(42)54-41)32-14-2-6-18-34(32)50(36)38-20-10-16-30-28-12-4-8-22-40(28)52-46(30)38/h1-26H. The molecule has 0 saturated heterocycles. The zero-order valence-electron chi connectivity index (χ0n) is 28.5. The van der Waals surface area contributed by atoms with E-state index in [0.717, 1.165) is 0 Å². The molecule has 2 nitrogen and oxygen atoms in total. The Bertz CT molecular complexity index is 3340. The SMILES string of the molecule is c1ccc2c(c1)sc1c(-n3c4ccccc4c4c5c(ccc43)Sc3c(ccc4c3c3ccccc3n4-c3cccc4c3sc3ccccc34)S5)cccc12. The van der Waals surface area contributed by atoms with E-state index in [1.165, 1.54) is 115 Å². The van der Waals surface area contributed by atoms with Crippen molar-refractivity contribution in [2.75, 3.05) is 0 Å². The molecular formula is C48H26N2S4. The summed E-state index contributed by atoms with van der Waals surface area (Å²) in [5.41, 5.74) is 7.50. The van der Waals surface area contributed by atoms with E-state index in [-0.39, 0.29) is 0 Å². The van der Waals surface area contributed by atoms with Crippen LogP contribution in [0.25, 0.3) is 95.3 Å². The van der Waals surface area contributed by atoms with Gasteiger partial charge in [-0.2, -0.15) is 0 Å². The minimum atomic E-state index is 1.25. The van der Waals surface area contributed by atoms with Crippen molar-refractivity contribution in [1.29, 1.82) is 0 Å². The summed E-state index contributed by atoms with van der Waals surface area (Å²) >= 11 is 7.67. The third-order valence-electron chi connectivity index (χ3n) is 11.2. The van der Waals surface area contributed by atoms with Gasteiger partial charge in [-0.1, -0.05) is 121 Å². The molecule has 0 N–H and O–H groups in total. The van der Waals surface area contributed by atoms with E-state index in [0.29, 0.717) is 0 Å². The lowest BCUT2D eigenvalue weighted by atomic mass is 10.1. The van der Waals surface area contributed by atoms with Gasteiger partial charge in [0.15, 0.2) is 0 Å². The second-order valence-corrected chi connectivity index (χ2v) is 18.2. The summed E-state index contributed by atoms with van der Waals surface area (Å²) in [7, 11) is 0. The molecule has 6 heteroatoms. The number of benzene rings is 8. The van der Waals surface area contributed by atoms with E-state index in [1.54, 1.807) is 0 Å². The topological polar surface area (TPSA) is 9.86 Å². The van der Waals surface area contributed by atoms with Crippen LogP contribution < -0.4 is 0 Å². The molecule has 252 valence electrons. The van der Waals surface area contributed by atoms with Gasteiger partial charge in [-0.25, -0.2) is 0 Å². The number of hydrogen-bond donors (Lipinski definition) is 0. The third kappa shape index (κ3) is 3.93. The van der Waals surface area contributed by atoms with Crippen molar-refractivity contribution in [2.45, 2.75) is 19.6 Å². The van der Waals surface area contributed by atoms with Crippen LogP contribution in [0.5, 0.6) is 0 Å². The van der Waals surface area contributed by atoms with Gasteiger partial charge < -0.3 is 9.13 Å². The molecule has 13 rings (SSSR count). The van der Waals surface area contributed by atoms with Crippen LogP contribution in [-0.2, 0) is 0 Å². The van der Waals surface area contributed by atoms with Crippen molar-refractivity contribution in [3.05, 3.63) is 158 Å². The minimum absolute atomic E-state index is 1.25. The van der Waals surface area contributed by atoms with Crippen molar-refractivity contribution in [3.8, 4) is 11.4 Å². The molecule has 12 aromatic rings. The number of hydrogen-bond acceptors (Lipinski definition) is 4. The molecule has 0 unspecified atom stereocenters. The molecule has 8 aromatic carbocycles. The smallest absolute Gasteiger partial charge is 0.0640 e.